The number of rotatable bonds is 7. The van der Waals surface area contributed by atoms with Crippen LogP contribution in [-0.2, 0) is 13.2 Å². The molecule has 2 aromatic rings. The third-order valence-corrected chi connectivity index (χ3v) is 3.04. The van der Waals surface area contributed by atoms with Gasteiger partial charge in [-0.25, -0.2) is 4.39 Å². The predicted molar refractivity (Wildman–Crippen MR) is 78.8 cm³/mol. The molecule has 0 saturated heterocycles. The largest absolute Gasteiger partial charge is 0.482 e. The highest BCUT2D eigenvalue weighted by atomic mass is 35.5. The Kier molecular flexibility index (Phi) is 5.59. The second-order valence-corrected chi connectivity index (χ2v) is 5.56. The minimum Gasteiger partial charge on any atom is -0.482 e. The van der Waals surface area contributed by atoms with Crippen molar-refractivity contribution in [3.8, 4) is 5.75 Å². The minimum absolute atomic E-state index is 0.0312. The summed E-state index contributed by atoms with van der Waals surface area (Å²) in [6.45, 7) is 5.91. The highest BCUT2D eigenvalue weighted by Crippen LogP contribution is 2.24. The van der Waals surface area contributed by atoms with Gasteiger partial charge in [0, 0.05) is 12.6 Å². The van der Waals surface area contributed by atoms with E-state index in [-0.39, 0.29) is 17.4 Å². The Balaban J connectivity index is 1.86. The molecule has 0 saturated carbocycles. The monoisotopic (exact) mass is 312 g/mol. The molecular formula is C15H18ClFN2O2. The molecule has 6 heteroatoms. The second kappa shape index (κ2) is 7.43. The van der Waals surface area contributed by atoms with Crippen LogP contribution in [0.15, 0.2) is 28.8 Å². The number of hydrogen-bond acceptors (Lipinski definition) is 4. The van der Waals surface area contributed by atoms with Gasteiger partial charge in [0.2, 0.25) is 0 Å². The standard InChI is InChI=1S/C15H18ClFN2O2/c1-10(2)7-18-8-11-6-12(21-19-11)9-20-14-5-3-4-13(16)15(14)17/h3-6,10,18H,7-9H2,1-2H3. The fraction of sp³-hybridized carbons (Fsp3) is 0.400. The van der Waals surface area contributed by atoms with E-state index in [2.05, 4.69) is 24.3 Å². The first-order chi connectivity index (χ1) is 10.1. The molecule has 0 amide bonds. The van der Waals surface area contributed by atoms with Crippen molar-refractivity contribution >= 4 is 11.6 Å². The van der Waals surface area contributed by atoms with Crippen molar-refractivity contribution in [1.82, 2.24) is 10.5 Å². The molecule has 1 heterocycles. The zero-order valence-corrected chi connectivity index (χ0v) is 12.8. The molecule has 114 valence electrons. The van der Waals surface area contributed by atoms with Gasteiger partial charge in [0.15, 0.2) is 17.3 Å². The number of hydrogen-bond donors (Lipinski definition) is 1. The van der Waals surface area contributed by atoms with Gasteiger partial charge in [-0.1, -0.05) is 36.7 Å². The molecule has 0 aliphatic carbocycles. The number of nitrogens with one attached hydrogen (secondary N) is 1. The van der Waals surface area contributed by atoms with Crippen LogP contribution in [0.5, 0.6) is 5.75 Å². The normalized spacial score (nSPS) is 11.1. The summed E-state index contributed by atoms with van der Waals surface area (Å²) in [5.41, 5.74) is 0.792. The third kappa shape index (κ3) is 4.72. The highest BCUT2D eigenvalue weighted by molar-refractivity contribution is 6.30. The third-order valence-electron chi connectivity index (χ3n) is 2.75. The number of benzene rings is 1. The lowest BCUT2D eigenvalue weighted by Crippen LogP contribution is -2.19. The van der Waals surface area contributed by atoms with Crippen LogP contribution in [0.1, 0.15) is 25.3 Å². The number of halogens is 2. The van der Waals surface area contributed by atoms with Crippen LogP contribution >= 0.6 is 11.6 Å². The zero-order chi connectivity index (χ0) is 15.2. The van der Waals surface area contributed by atoms with Crippen molar-refractivity contribution in [3.05, 3.63) is 46.6 Å². The van der Waals surface area contributed by atoms with E-state index in [9.17, 15) is 4.39 Å². The van der Waals surface area contributed by atoms with E-state index in [1.54, 1.807) is 12.1 Å². The first kappa shape index (κ1) is 15.8. The molecule has 1 aromatic carbocycles. The topological polar surface area (TPSA) is 47.3 Å². The van der Waals surface area contributed by atoms with Crippen LogP contribution in [0.2, 0.25) is 5.02 Å². The molecule has 4 nitrogen and oxygen atoms in total. The lowest BCUT2D eigenvalue weighted by molar-refractivity contribution is 0.239. The van der Waals surface area contributed by atoms with Crippen LogP contribution in [0, 0.1) is 11.7 Å². The molecular weight excluding hydrogens is 295 g/mol. The molecule has 0 aliphatic rings. The van der Waals surface area contributed by atoms with E-state index in [1.165, 1.54) is 12.1 Å². The van der Waals surface area contributed by atoms with Crippen molar-refractivity contribution in [3.63, 3.8) is 0 Å². The maximum atomic E-state index is 13.6. The molecule has 0 radical (unpaired) electrons. The molecule has 21 heavy (non-hydrogen) atoms. The van der Waals surface area contributed by atoms with E-state index >= 15 is 0 Å². The fourth-order valence-corrected chi connectivity index (χ4v) is 1.91. The summed E-state index contributed by atoms with van der Waals surface area (Å²) in [5.74, 6) is 0.636. The minimum atomic E-state index is -0.572. The quantitative estimate of drug-likeness (QED) is 0.845. The Labute approximate surface area is 128 Å². The lowest BCUT2D eigenvalue weighted by atomic mass is 10.2. The average molecular weight is 313 g/mol. The second-order valence-electron chi connectivity index (χ2n) is 5.15. The summed E-state index contributed by atoms with van der Waals surface area (Å²) in [4.78, 5) is 0. The van der Waals surface area contributed by atoms with E-state index in [1.807, 2.05) is 0 Å². The summed E-state index contributed by atoms with van der Waals surface area (Å²) >= 11 is 5.68. The van der Waals surface area contributed by atoms with Crippen molar-refractivity contribution < 1.29 is 13.7 Å². The van der Waals surface area contributed by atoms with E-state index in [4.69, 9.17) is 20.9 Å². The van der Waals surface area contributed by atoms with E-state index < -0.39 is 5.82 Å². The summed E-state index contributed by atoms with van der Waals surface area (Å²) in [5, 5.41) is 7.22. The Morgan fingerprint density at radius 3 is 3.00 bits per heavy atom. The zero-order valence-electron chi connectivity index (χ0n) is 12.0. The van der Waals surface area contributed by atoms with E-state index in [0.717, 1.165) is 12.2 Å². The fourth-order valence-electron chi connectivity index (χ4n) is 1.74. The van der Waals surface area contributed by atoms with Crippen LogP contribution in [-0.4, -0.2) is 11.7 Å². The average Bonchev–Trinajstić information content (AvgIpc) is 2.88. The Morgan fingerprint density at radius 1 is 1.43 bits per heavy atom. The van der Waals surface area contributed by atoms with Crippen LogP contribution in [0.25, 0.3) is 0 Å². The van der Waals surface area contributed by atoms with Gasteiger partial charge in [0.25, 0.3) is 0 Å². The molecule has 0 unspecified atom stereocenters. The van der Waals surface area contributed by atoms with Gasteiger partial charge >= 0.3 is 0 Å². The summed E-state index contributed by atoms with van der Waals surface area (Å²) in [6, 6.07) is 6.40. The van der Waals surface area contributed by atoms with Crippen LogP contribution in [0.3, 0.4) is 0 Å². The van der Waals surface area contributed by atoms with Gasteiger partial charge < -0.3 is 14.6 Å². The summed E-state index contributed by atoms with van der Waals surface area (Å²) < 4.78 is 24.1. The van der Waals surface area contributed by atoms with E-state index in [0.29, 0.717) is 18.2 Å². The van der Waals surface area contributed by atoms with Gasteiger partial charge in [0.1, 0.15) is 6.61 Å². The lowest BCUT2D eigenvalue weighted by Gasteiger charge is -2.05. The molecule has 0 aliphatic heterocycles. The van der Waals surface area contributed by atoms with Crippen LogP contribution in [0.4, 0.5) is 4.39 Å². The van der Waals surface area contributed by atoms with Crippen molar-refractivity contribution in [2.24, 2.45) is 5.92 Å². The van der Waals surface area contributed by atoms with Crippen molar-refractivity contribution in [2.75, 3.05) is 6.54 Å². The predicted octanol–water partition coefficient (Wildman–Crippen LogP) is 3.79. The van der Waals surface area contributed by atoms with Crippen LogP contribution < -0.4 is 10.1 Å². The molecule has 0 bridgehead atoms. The highest BCUT2D eigenvalue weighted by Gasteiger charge is 2.10. The van der Waals surface area contributed by atoms with Gasteiger partial charge in [0.05, 0.1) is 10.7 Å². The molecule has 0 spiro atoms. The maximum absolute atomic E-state index is 13.6. The SMILES string of the molecule is CC(C)CNCc1cc(COc2cccc(Cl)c2F)on1. The number of nitrogens with zero attached hydrogens (tertiary/aromatic N) is 1. The van der Waals surface area contributed by atoms with Crippen molar-refractivity contribution in [1.29, 1.82) is 0 Å². The smallest absolute Gasteiger partial charge is 0.183 e. The number of ether oxygens (including phenoxy) is 1. The van der Waals surface area contributed by atoms with Gasteiger partial charge in [-0.05, 0) is 24.6 Å². The molecule has 1 aromatic heterocycles. The summed E-state index contributed by atoms with van der Waals surface area (Å²) in [6.07, 6.45) is 0. The first-order valence-corrected chi connectivity index (χ1v) is 7.16. The number of aromatic nitrogens is 1. The molecule has 0 atom stereocenters. The van der Waals surface area contributed by atoms with Crippen molar-refractivity contribution in [2.45, 2.75) is 27.0 Å². The molecule has 0 fully saturated rings. The maximum Gasteiger partial charge on any atom is 0.183 e. The first-order valence-electron chi connectivity index (χ1n) is 6.78. The Morgan fingerprint density at radius 2 is 2.24 bits per heavy atom. The Hall–Kier alpha value is -1.59. The van der Waals surface area contributed by atoms with Gasteiger partial charge in [-0.3, -0.25) is 0 Å². The van der Waals surface area contributed by atoms with Gasteiger partial charge in [-0.15, -0.1) is 0 Å². The van der Waals surface area contributed by atoms with Gasteiger partial charge in [-0.2, -0.15) is 0 Å². The molecule has 2 rings (SSSR count). The molecule has 1 N–H and O–H groups in total. The Bertz CT molecular complexity index is 587. The summed E-state index contributed by atoms with van der Waals surface area (Å²) in [7, 11) is 0.